The first-order chi connectivity index (χ1) is 4.46. The predicted molar refractivity (Wildman–Crippen MR) is 33.6 cm³/mol. The van der Waals surface area contributed by atoms with Crippen LogP contribution in [0.25, 0.3) is 0 Å². The van der Waals surface area contributed by atoms with E-state index in [1.54, 1.807) is 0 Å². The Hall–Kier alpha value is -1.32. The van der Waals surface area contributed by atoms with Crippen molar-refractivity contribution >= 4 is 11.9 Å². The van der Waals surface area contributed by atoms with Gasteiger partial charge in [-0.15, -0.1) is 0 Å². The molecule has 0 heterocycles. The first kappa shape index (κ1) is 8.68. The minimum atomic E-state index is -1.19. The maximum Gasteiger partial charge on any atom is 0.331 e. The number of hydrogen-bond acceptors (Lipinski definition) is 2. The number of aliphatic carboxylic acids is 2. The van der Waals surface area contributed by atoms with Crippen molar-refractivity contribution < 1.29 is 19.8 Å². The third kappa shape index (κ3) is 1.89. The Labute approximate surface area is 57.8 Å². The van der Waals surface area contributed by atoms with Crippen LogP contribution in [0.4, 0.5) is 0 Å². The average molecular weight is 144 g/mol. The van der Waals surface area contributed by atoms with Crippen LogP contribution >= 0.6 is 0 Å². The van der Waals surface area contributed by atoms with Gasteiger partial charge in [0.05, 0.1) is 0 Å². The largest absolute Gasteiger partial charge is 0.478 e. The summed E-state index contributed by atoms with van der Waals surface area (Å²) in [5.41, 5.74) is -0.264. The summed E-state index contributed by atoms with van der Waals surface area (Å²) in [5, 5.41) is 16.6. The molecule has 0 amide bonds. The SMILES string of the molecule is C/C(C(=O)O)=C(/C)C(=O)O. The number of carboxylic acid groups (broad SMARTS) is 2. The quantitative estimate of drug-likeness (QED) is 0.553. The molecule has 0 radical (unpaired) electrons. The van der Waals surface area contributed by atoms with E-state index >= 15 is 0 Å². The highest BCUT2D eigenvalue weighted by Crippen LogP contribution is 2.02. The lowest BCUT2D eigenvalue weighted by Gasteiger charge is -1.95. The van der Waals surface area contributed by atoms with Gasteiger partial charge >= 0.3 is 11.9 Å². The predicted octanol–water partition coefficient (Wildman–Crippen LogP) is 0.492. The van der Waals surface area contributed by atoms with Crippen LogP contribution in [-0.4, -0.2) is 22.2 Å². The van der Waals surface area contributed by atoms with E-state index in [0.29, 0.717) is 0 Å². The maximum atomic E-state index is 10.1. The summed E-state index contributed by atoms with van der Waals surface area (Å²) >= 11 is 0. The van der Waals surface area contributed by atoms with E-state index in [1.165, 1.54) is 13.8 Å². The van der Waals surface area contributed by atoms with Crippen LogP contribution in [0.15, 0.2) is 11.1 Å². The average Bonchev–Trinajstić information content (AvgIpc) is 1.84. The molecule has 0 fully saturated rings. The zero-order chi connectivity index (χ0) is 8.31. The van der Waals surface area contributed by atoms with Crippen molar-refractivity contribution in [2.45, 2.75) is 13.8 Å². The van der Waals surface area contributed by atoms with Gasteiger partial charge in [0.1, 0.15) is 0 Å². The van der Waals surface area contributed by atoms with E-state index in [2.05, 4.69) is 0 Å². The van der Waals surface area contributed by atoms with Crippen LogP contribution in [0.1, 0.15) is 13.8 Å². The smallest absolute Gasteiger partial charge is 0.331 e. The minimum absolute atomic E-state index is 0.132. The van der Waals surface area contributed by atoms with Gasteiger partial charge in [0, 0.05) is 11.1 Å². The summed E-state index contributed by atoms with van der Waals surface area (Å²) in [6, 6.07) is 0. The molecule has 0 atom stereocenters. The van der Waals surface area contributed by atoms with Crippen LogP contribution < -0.4 is 0 Å². The molecule has 0 aromatic rings. The Bertz CT molecular complexity index is 180. The molecule has 0 aliphatic heterocycles. The molecule has 0 aliphatic carbocycles. The van der Waals surface area contributed by atoms with Gasteiger partial charge in [-0.3, -0.25) is 0 Å². The van der Waals surface area contributed by atoms with Crippen LogP contribution in [-0.2, 0) is 9.59 Å². The monoisotopic (exact) mass is 144 g/mol. The van der Waals surface area contributed by atoms with Crippen molar-refractivity contribution in [1.29, 1.82) is 0 Å². The van der Waals surface area contributed by atoms with E-state index < -0.39 is 11.9 Å². The fourth-order valence-corrected chi connectivity index (χ4v) is 0.321. The normalized spacial score (nSPS) is 12.2. The molecule has 2 N–H and O–H groups in total. The Morgan fingerprint density at radius 3 is 1.20 bits per heavy atom. The zero-order valence-corrected chi connectivity index (χ0v) is 5.71. The Balaban J connectivity index is 4.67. The molecule has 0 aliphatic rings. The summed E-state index contributed by atoms with van der Waals surface area (Å²) < 4.78 is 0. The van der Waals surface area contributed by atoms with Crippen molar-refractivity contribution in [1.82, 2.24) is 0 Å². The Morgan fingerprint density at radius 1 is 0.900 bits per heavy atom. The lowest BCUT2D eigenvalue weighted by atomic mass is 10.1. The number of carboxylic acids is 2. The van der Waals surface area contributed by atoms with Crippen LogP contribution in [0.3, 0.4) is 0 Å². The second-order valence-corrected chi connectivity index (χ2v) is 1.86. The minimum Gasteiger partial charge on any atom is -0.478 e. The molecule has 0 spiro atoms. The summed E-state index contributed by atoms with van der Waals surface area (Å²) in [4.78, 5) is 20.2. The second kappa shape index (κ2) is 3.00. The maximum absolute atomic E-state index is 10.1. The molecular weight excluding hydrogens is 136 g/mol. The van der Waals surface area contributed by atoms with Gasteiger partial charge in [0.2, 0.25) is 0 Å². The summed E-state index contributed by atoms with van der Waals surface area (Å²) in [5.74, 6) is -2.39. The molecule has 0 bridgehead atoms. The second-order valence-electron chi connectivity index (χ2n) is 1.86. The van der Waals surface area contributed by atoms with Gasteiger partial charge in [-0.25, -0.2) is 9.59 Å². The number of hydrogen-bond donors (Lipinski definition) is 2. The molecule has 0 unspecified atom stereocenters. The molecule has 0 saturated heterocycles. The van der Waals surface area contributed by atoms with Crippen LogP contribution in [0, 0.1) is 0 Å². The molecule has 4 nitrogen and oxygen atoms in total. The summed E-state index contributed by atoms with van der Waals surface area (Å²) in [6.07, 6.45) is 0. The standard InChI is InChI=1S/C6H8O4/c1-3(5(7)8)4(2)6(9)10/h1-2H3,(H,7,8)(H,9,10)/b4-3+. The third-order valence-electron chi connectivity index (χ3n) is 1.20. The molecule has 0 aromatic heterocycles. The van der Waals surface area contributed by atoms with E-state index in [1.807, 2.05) is 0 Å². The fourth-order valence-electron chi connectivity index (χ4n) is 0.321. The van der Waals surface area contributed by atoms with E-state index in [0.717, 1.165) is 0 Å². The van der Waals surface area contributed by atoms with Gasteiger partial charge in [-0.2, -0.15) is 0 Å². The third-order valence-corrected chi connectivity index (χ3v) is 1.20. The zero-order valence-electron chi connectivity index (χ0n) is 5.71. The molecule has 4 heteroatoms. The lowest BCUT2D eigenvalue weighted by molar-refractivity contribution is -0.135. The highest BCUT2D eigenvalue weighted by molar-refractivity contribution is 5.97. The molecule has 0 aromatic carbocycles. The van der Waals surface area contributed by atoms with E-state index in [4.69, 9.17) is 10.2 Å². The van der Waals surface area contributed by atoms with E-state index in [9.17, 15) is 9.59 Å². The summed E-state index contributed by atoms with van der Waals surface area (Å²) in [6.45, 7) is 2.51. The molecule has 56 valence electrons. The van der Waals surface area contributed by atoms with Gasteiger partial charge in [0.15, 0.2) is 0 Å². The number of rotatable bonds is 2. The van der Waals surface area contributed by atoms with Gasteiger partial charge in [-0.1, -0.05) is 0 Å². The van der Waals surface area contributed by atoms with Crippen LogP contribution in [0.2, 0.25) is 0 Å². The van der Waals surface area contributed by atoms with Crippen molar-refractivity contribution in [2.75, 3.05) is 0 Å². The Kier molecular flexibility index (Phi) is 2.61. The van der Waals surface area contributed by atoms with Gasteiger partial charge in [0.25, 0.3) is 0 Å². The van der Waals surface area contributed by atoms with Crippen molar-refractivity contribution in [2.24, 2.45) is 0 Å². The lowest BCUT2D eigenvalue weighted by Crippen LogP contribution is -2.06. The van der Waals surface area contributed by atoms with Crippen molar-refractivity contribution in [3.05, 3.63) is 11.1 Å². The van der Waals surface area contributed by atoms with Gasteiger partial charge < -0.3 is 10.2 Å². The fraction of sp³-hybridized carbons (Fsp3) is 0.333. The first-order valence-electron chi connectivity index (χ1n) is 2.61. The topological polar surface area (TPSA) is 74.6 Å². The molecule has 0 rings (SSSR count). The number of carbonyl (C=O) groups is 2. The van der Waals surface area contributed by atoms with E-state index in [-0.39, 0.29) is 11.1 Å². The highest BCUT2D eigenvalue weighted by atomic mass is 16.4. The van der Waals surface area contributed by atoms with Crippen molar-refractivity contribution in [3.63, 3.8) is 0 Å². The molecular formula is C6H8O4. The molecule has 10 heavy (non-hydrogen) atoms. The Morgan fingerprint density at radius 2 is 1.10 bits per heavy atom. The first-order valence-corrected chi connectivity index (χ1v) is 2.61. The highest BCUT2D eigenvalue weighted by Gasteiger charge is 2.09. The van der Waals surface area contributed by atoms with Crippen LogP contribution in [0.5, 0.6) is 0 Å². The summed E-state index contributed by atoms with van der Waals surface area (Å²) in [7, 11) is 0. The van der Waals surface area contributed by atoms with Crippen molar-refractivity contribution in [3.8, 4) is 0 Å². The molecule has 0 saturated carbocycles. The van der Waals surface area contributed by atoms with Gasteiger partial charge in [-0.05, 0) is 13.8 Å².